The third kappa shape index (κ3) is 4.61. The number of carbonyl (C=O) groups excluding carboxylic acids is 2. The average molecular weight is 435 g/mol. The number of benzene rings is 2. The molecule has 2 aromatic carbocycles. The van der Waals surface area contributed by atoms with Crippen LogP contribution in [0.15, 0.2) is 48.5 Å². The van der Waals surface area contributed by atoms with Crippen molar-refractivity contribution in [1.29, 1.82) is 0 Å². The van der Waals surface area contributed by atoms with Crippen molar-refractivity contribution in [2.75, 3.05) is 20.2 Å². The van der Waals surface area contributed by atoms with Crippen LogP contribution in [0.4, 0.5) is 0 Å². The lowest BCUT2D eigenvalue weighted by molar-refractivity contribution is -0.133. The van der Waals surface area contributed by atoms with Crippen molar-refractivity contribution in [3.05, 3.63) is 59.9 Å². The fourth-order valence-corrected chi connectivity index (χ4v) is 4.19. The van der Waals surface area contributed by atoms with E-state index in [4.69, 9.17) is 9.72 Å². The van der Waals surface area contributed by atoms with Gasteiger partial charge in [0, 0.05) is 18.7 Å². The van der Waals surface area contributed by atoms with Gasteiger partial charge in [0.05, 0.1) is 24.2 Å². The second-order valence-electron chi connectivity index (χ2n) is 8.54. The van der Waals surface area contributed by atoms with Crippen molar-refractivity contribution >= 4 is 22.8 Å². The summed E-state index contributed by atoms with van der Waals surface area (Å²) in [5, 5.41) is 3.02. The SMILES string of the molecule is COc1cccc(C(=O)NC(C)c2nc3ccccc3n2CC(=O)N2CCC(C)CC2)c1. The summed E-state index contributed by atoms with van der Waals surface area (Å²) in [6.07, 6.45) is 2.08. The van der Waals surface area contributed by atoms with Gasteiger partial charge in [-0.05, 0) is 56.0 Å². The quantitative estimate of drug-likeness (QED) is 0.640. The topological polar surface area (TPSA) is 76.5 Å². The van der Waals surface area contributed by atoms with E-state index in [1.165, 1.54) is 0 Å². The zero-order chi connectivity index (χ0) is 22.7. The van der Waals surface area contributed by atoms with Gasteiger partial charge in [-0.15, -0.1) is 0 Å². The summed E-state index contributed by atoms with van der Waals surface area (Å²) in [5.41, 5.74) is 2.21. The van der Waals surface area contributed by atoms with Crippen LogP contribution in [0.1, 0.15) is 48.9 Å². The highest BCUT2D eigenvalue weighted by atomic mass is 16.5. The highest BCUT2D eigenvalue weighted by Crippen LogP contribution is 2.23. The molecule has 4 rings (SSSR count). The molecule has 7 heteroatoms. The van der Waals surface area contributed by atoms with E-state index in [-0.39, 0.29) is 24.4 Å². The summed E-state index contributed by atoms with van der Waals surface area (Å²) in [6, 6.07) is 14.4. The summed E-state index contributed by atoms with van der Waals surface area (Å²) in [6.45, 7) is 5.93. The standard InChI is InChI=1S/C25H30N4O3/c1-17-11-13-28(14-12-17)23(30)16-29-22-10-5-4-9-21(22)27-24(29)18(2)26-25(31)19-7-6-8-20(15-19)32-3/h4-10,15,17-18H,11-14,16H2,1-3H3,(H,26,31). The highest BCUT2D eigenvalue weighted by Gasteiger charge is 2.24. The number of nitrogens with one attached hydrogen (secondary N) is 1. The highest BCUT2D eigenvalue weighted by molar-refractivity contribution is 5.94. The Bertz CT molecular complexity index is 1120. The normalized spacial score (nSPS) is 15.5. The van der Waals surface area contributed by atoms with Crippen LogP contribution in [0.5, 0.6) is 5.75 Å². The summed E-state index contributed by atoms with van der Waals surface area (Å²) in [4.78, 5) is 32.6. The van der Waals surface area contributed by atoms with Gasteiger partial charge in [-0.2, -0.15) is 0 Å². The molecule has 1 saturated heterocycles. The van der Waals surface area contributed by atoms with Crippen molar-refractivity contribution < 1.29 is 14.3 Å². The number of likely N-dealkylation sites (tertiary alicyclic amines) is 1. The first-order chi connectivity index (χ1) is 15.5. The number of ether oxygens (including phenoxy) is 1. The molecule has 1 aliphatic rings. The van der Waals surface area contributed by atoms with Crippen LogP contribution >= 0.6 is 0 Å². The maximum absolute atomic E-state index is 13.1. The summed E-state index contributed by atoms with van der Waals surface area (Å²) in [5.74, 6) is 1.83. The number of hydrogen-bond donors (Lipinski definition) is 1. The molecule has 168 valence electrons. The maximum Gasteiger partial charge on any atom is 0.251 e. The Hall–Kier alpha value is -3.35. The first-order valence-electron chi connectivity index (χ1n) is 11.1. The van der Waals surface area contributed by atoms with Gasteiger partial charge in [0.2, 0.25) is 5.91 Å². The molecule has 7 nitrogen and oxygen atoms in total. The Balaban J connectivity index is 1.57. The number of fused-ring (bicyclic) bond motifs is 1. The first-order valence-corrected chi connectivity index (χ1v) is 11.1. The van der Waals surface area contributed by atoms with Crippen molar-refractivity contribution in [3.8, 4) is 5.75 Å². The third-order valence-electron chi connectivity index (χ3n) is 6.18. The van der Waals surface area contributed by atoms with Crippen LogP contribution < -0.4 is 10.1 Å². The van der Waals surface area contributed by atoms with Crippen molar-refractivity contribution in [1.82, 2.24) is 19.8 Å². The molecule has 1 atom stereocenters. The van der Waals surface area contributed by atoms with Gasteiger partial charge in [-0.3, -0.25) is 9.59 Å². The molecule has 32 heavy (non-hydrogen) atoms. The Labute approximate surface area is 188 Å². The molecule has 2 heterocycles. The van der Waals surface area contributed by atoms with Gasteiger partial charge >= 0.3 is 0 Å². The van der Waals surface area contributed by atoms with Crippen LogP contribution in [0.3, 0.4) is 0 Å². The first kappa shape index (κ1) is 21.9. The zero-order valence-electron chi connectivity index (χ0n) is 18.9. The van der Waals surface area contributed by atoms with Gasteiger partial charge in [0.15, 0.2) is 0 Å². The van der Waals surface area contributed by atoms with E-state index in [1.54, 1.807) is 31.4 Å². The van der Waals surface area contributed by atoms with Crippen LogP contribution in [0.2, 0.25) is 0 Å². The monoisotopic (exact) mass is 434 g/mol. The second-order valence-corrected chi connectivity index (χ2v) is 8.54. The number of nitrogens with zero attached hydrogens (tertiary/aromatic N) is 3. The van der Waals surface area contributed by atoms with Gasteiger partial charge in [-0.25, -0.2) is 4.98 Å². The number of piperidine rings is 1. The molecule has 1 unspecified atom stereocenters. The fourth-order valence-electron chi connectivity index (χ4n) is 4.19. The smallest absolute Gasteiger partial charge is 0.251 e. The van der Waals surface area contributed by atoms with E-state index in [0.717, 1.165) is 37.0 Å². The third-order valence-corrected chi connectivity index (χ3v) is 6.18. The number of para-hydroxylation sites is 2. The molecule has 0 radical (unpaired) electrons. The van der Waals surface area contributed by atoms with Gasteiger partial charge in [-0.1, -0.05) is 25.1 Å². The molecule has 1 N–H and O–H groups in total. The zero-order valence-corrected chi connectivity index (χ0v) is 18.9. The Morgan fingerprint density at radius 1 is 1.16 bits per heavy atom. The molecule has 3 aromatic rings. The molecular weight excluding hydrogens is 404 g/mol. The van der Waals surface area contributed by atoms with E-state index in [9.17, 15) is 9.59 Å². The number of imidazole rings is 1. The predicted octanol–water partition coefficient (Wildman–Crippen LogP) is 3.79. The van der Waals surface area contributed by atoms with E-state index in [1.807, 2.05) is 40.7 Å². The van der Waals surface area contributed by atoms with Crippen molar-refractivity contribution in [2.24, 2.45) is 5.92 Å². The number of methoxy groups -OCH3 is 1. The lowest BCUT2D eigenvalue weighted by Gasteiger charge is -2.30. The molecule has 1 fully saturated rings. The summed E-state index contributed by atoms with van der Waals surface area (Å²) >= 11 is 0. The number of carbonyl (C=O) groups is 2. The number of rotatable bonds is 6. The fraction of sp³-hybridized carbons (Fsp3) is 0.400. The molecule has 0 aliphatic carbocycles. The van der Waals surface area contributed by atoms with Crippen molar-refractivity contribution in [3.63, 3.8) is 0 Å². The Morgan fingerprint density at radius 3 is 2.66 bits per heavy atom. The van der Waals surface area contributed by atoms with Crippen LogP contribution in [0.25, 0.3) is 11.0 Å². The molecule has 1 aliphatic heterocycles. The van der Waals surface area contributed by atoms with E-state index in [2.05, 4.69) is 12.2 Å². The van der Waals surface area contributed by atoms with Crippen LogP contribution in [-0.4, -0.2) is 46.5 Å². The Kier molecular flexibility index (Phi) is 6.44. The largest absolute Gasteiger partial charge is 0.497 e. The molecule has 1 aromatic heterocycles. The molecule has 0 saturated carbocycles. The molecule has 0 bridgehead atoms. The molecule has 2 amide bonds. The number of hydrogen-bond acceptors (Lipinski definition) is 4. The minimum Gasteiger partial charge on any atom is -0.497 e. The van der Waals surface area contributed by atoms with Gasteiger partial charge in [0.1, 0.15) is 18.1 Å². The van der Waals surface area contributed by atoms with Crippen LogP contribution in [-0.2, 0) is 11.3 Å². The summed E-state index contributed by atoms with van der Waals surface area (Å²) in [7, 11) is 1.57. The number of aromatic nitrogens is 2. The van der Waals surface area contributed by atoms with E-state index in [0.29, 0.717) is 23.1 Å². The summed E-state index contributed by atoms with van der Waals surface area (Å²) < 4.78 is 7.16. The molecular formula is C25H30N4O3. The molecule has 0 spiro atoms. The minimum absolute atomic E-state index is 0.0904. The van der Waals surface area contributed by atoms with Crippen LogP contribution in [0, 0.1) is 5.92 Å². The Morgan fingerprint density at radius 2 is 1.91 bits per heavy atom. The van der Waals surface area contributed by atoms with E-state index >= 15 is 0 Å². The van der Waals surface area contributed by atoms with Crippen molar-refractivity contribution in [2.45, 2.75) is 39.3 Å². The predicted molar refractivity (Wildman–Crippen MR) is 124 cm³/mol. The maximum atomic E-state index is 13.1. The van der Waals surface area contributed by atoms with E-state index < -0.39 is 0 Å². The average Bonchev–Trinajstić information content (AvgIpc) is 3.18. The minimum atomic E-state index is -0.379. The number of amides is 2. The lowest BCUT2D eigenvalue weighted by atomic mass is 9.99. The van der Waals surface area contributed by atoms with Gasteiger partial charge < -0.3 is 19.5 Å². The second kappa shape index (κ2) is 9.42. The van der Waals surface area contributed by atoms with Gasteiger partial charge in [0.25, 0.3) is 5.91 Å². The lowest BCUT2D eigenvalue weighted by Crippen LogP contribution is -2.40.